The Morgan fingerprint density at radius 2 is 1.81 bits per heavy atom. The van der Waals surface area contributed by atoms with Crippen LogP contribution in [0, 0.1) is 11.3 Å². The van der Waals surface area contributed by atoms with Crippen molar-refractivity contribution in [2.75, 3.05) is 0 Å². The van der Waals surface area contributed by atoms with Gasteiger partial charge in [-0.3, -0.25) is 0 Å². The Bertz CT molecular complexity index is 520. The molecule has 0 N–H and O–H groups in total. The van der Waals surface area contributed by atoms with Crippen LogP contribution in [0.4, 0.5) is 0 Å². The fraction of sp³-hybridized carbons (Fsp3) is 0.364. The Kier molecular flexibility index (Phi) is 2.70. The Morgan fingerprint density at radius 1 is 1.31 bits per heavy atom. The first-order valence-electron chi connectivity index (χ1n) is 5.01. The van der Waals surface area contributed by atoms with E-state index < -0.39 is 15.3 Å². The van der Waals surface area contributed by atoms with Crippen molar-refractivity contribution in [2.24, 2.45) is 0 Å². The average molecular weight is 236 g/mol. The van der Waals surface area contributed by atoms with Crippen LogP contribution in [0.15, 0.2) is 24.3 Å². The SMILES string of the molecule is CC(C#N)S(=O)(=O)N1Cc2ccccc2C1. The summed E-state index contributed by atoms with van der Waals surface area (Å²) in [6, 6.07) is 9.40. The summed E-state index contributed by atoms with van der Waals surface area (Å²) in [5, 5.41) is 7.71. The first-order valence-corrected chi connectivity index (χ1v) is 6.51. The predicted octanol–water partition coefficient (Wildman–Crippen LogP) is 1.24. The summed E-state index contributed by atoms with van der Waals surface area (Å²) in [6.45, 7) is 2.17. The molecule has 1 unspecified atom stereocenters. The molecule has 1 heterocycles. The Balaban J connectivity index is 2.28. The van der Waals surface area contributed by atoms with Crippen molar-refractivity contribution < 1.29 is 8.42 Å². The van der Waals surface area contributed by atoms with Crippen molar-refractivity contribution in [3.05, 3.63) is 35.4 Å². The second-order valence-corrected chi connectivity index (χ2v) is 6.11. The van der Waals surface area contributed by atoms with Crippen molar-refractivity contribution in [3.63, 3.8) is 0 Å². The van der Waals surface area contributed by atoms with Crippen LogP contribution >= 0.6 is 0 Å². The van der Waals surface area contributed by atoms with Gasteiger partial charge in [0, 0.05) is 13.1 Å². The molecule has 0 saturated heterocycles. The Hall–Kier alpha value is -1.38. The van der Waals surface area contributed by atoms with E-state index in [2.05, 4.69) is 0 Å². The van der Waals surface area contributed by atoms with E-state index >= 15 is 0 Å². The van der Waals surface area contributed by atoms with Crippen molar-refractivity contribution in [3.8, 4) is 6.07 Å². The van der Waals surface area contributed by atoms with E-state index in [1.807, 2.05) is 24.3 Å². The lowest BCUT2D eigenvalue weighted by Gasteiger charge is -2.16. The molecule has 1 atom stereocenters. The maximum atomic E-state index is 11.9. The minimum Gasteiger partial charge on any atom is -0.211 e. The molecule has 5 heteroatoms. The number of hydrogen-bond donors (Lipinski definition) is 0. The van der Waals surface area contributed by atoms with E-state index in [9.17, 15) is 8.42 Å². The van der Waals surface area contributed by atoms with E-state index in [-0.39, 0.29) is 0 Å². The molecule has 1 aliphatic heterocycles. The highest BCUT2D eigenvalue weighted by Crippen LogP contribution is 2.26. The molecule has 0 radical (unpaired) electrons. The summed E-state index contributed by atoms with van der Waals surface area (Å²) in [4.78, 5) is 0. The van der Waals surface area contributed by atoms with Gasteiger partial charge in [0.25, 0.3) is 0 Å². The highest BCUT2D eigenvalue weighted by Gasteiger charge is 2.33. The molecule has 0 amide bonds. The van der Waals surface area contributed by atoms with Crippen molar-refractivity contribution >= 4 is 10.0 Å². The topological polar surface area (TPSA) is 61.2 Å². The number of rotatable bonds is 2. The van der Waals surface area contributed by atoms with Crippen LogP contribution in [0.5, 0.6) is 0 Å². The molecule has 1 aromatic carbocycles. The third kappa shape index (κ3) is 1.70. The number of sulfonamides is 1. The van der Waals surface area contributed by atoms with Crippen LogP contribution in [0.2, 0.25) is 0 Å². The first-order chi connectivity index (χ1) is 7.55. The van der Waals surface area contributed by atoms with Crippen LogP contribution in [-0.2, 0) is 23.1 Å². The monoisotopic (exact) mass is 236 g/mol. The predicted molar refractivity (Wildman–Crippen MR) is 59.7 cm³/mol. The van der Waals surface area contributed by atoms with Crippen molar-refractivity contribution in [2.45, 2.75) is 25.3 Å². The number of nitriles is 1. The molecule has 1 aromatic rings. The quantitative estimate of drug-likeness (QED) is 0.776. The van der Waals surface area contributed by atoms with Crippen LogP contribution in [0.25, 0.3) is 0 Å². The third-order valence-corrected chi connectivity index (χ3v) is 4.78. The van der Waals surface area contributed by atoms with E-state index in [1.54, 1.807) is 6.07 Å². The maximum absolute atomic E-state index is 11.9. The lowest BCUT2D eigenvalue weighted by molar-refractivity contribution is 0.428. The van der Waals surface area contributed by atoms with Crippen molar-refractivity contribution in [1.29, 1.82) is 5.26 Å². The fourth-order valence-electron chi connectivity index (χ4n) is 1.77. The fourth-order valence-corrected chi connectivity index (χ4v) is 2.99. The van der Waals surface area contributed by atoms with Gasteiger partial charge in [0.1, 0.15) is 0 Å². The molecular formula is C11H12N2O2S. The molecule has 84 valence electrons. The summed E-state index contributed by atoms with van der Waals surface area (Å²) in [6.07, 6.45) is 0. The summed E-state index contributed by atoms with van der Waals surface area (Å²) < 4.78 is 25.2. The standard InChI is InChI=1S/C11H12N2O2S/c1-9(6-12)16(14,15)13-7-10-4-2-3-5-11(10)8-13/h2-5,9H,7-8H2,1H3. The molecule has 0 saturated carbocycles. The summed E-state index contributed by atoms with van der Waals surface area (Å²) in [7, 11) is -3.48. The molecule has 0 aliphatic carbocycles. The third-order valence-electron chi connectivity index (χ3n) is 2.80. The van der Waals surface area contributed by atoms with Crippen LogP contribution in [0.1, 0.15) is 18.1 Å². The smallest absolute Gasteiger partial charge is 0.211 e. The largest absolute Gasteiger partial charge is 0.230 e. The molecule has 0 aromatic heterocycles. The molecule has 4 nitrogen and oxygen atoms in total. The summed E-state index contributed by atoms with van der Waals surface area (Å²) >= 11 is 0. The number of hydrogen-bond acceptors (Lipinski definition) is 3. The number of fused-ring (bicyclic) bond motifs is 1. The van der Waals surface area contributed by atoms with Gasteiger partial charge < -0.3 is 0 Å². The van der Waals surface area contributed by atoms with Gasteiger partial charge in [0.15, 0.2) is 5.25 Å². The van der Waals surface area contributed by atoms with E-state index in [1.165, 1.54) is 11.2 Å². The van der Waals surface area contributed by atoms with E-state index in [0.29, 0.717) is 13.1 Å². The second-order valence-electron chi connectivity index (χ2n) is 3.85. The summed E-state index contributed by atoms with van der Waals surface area (Å²) in [5.74, 6) is 0. The minimum absolute atomic E-state index is 0.379. The van der Waals surface area contributed by atoms with Gasteiger partial charge in [0.05, 0.1) is 6.07 Å². The molecular weight excluding hydrogens is 224 g/mol. The summed E-state index contributed by atoms with van der Waals surface area (Å²) in [5.41, 5.74) is 2.05. The van der Waals surface area contributed by atoms with E-state index in [0.717, 1.165) is 11.1 Å². The molecule has 0 bridgehead atoms. The molecule has 1 aliphatic rings. The Morgan fingerprint density at radius 3 is 2.25 bits per heavy atom. The second kappa shape index (κ2) is 3.89. The van der Waals surface area contributed by atoms with Gasteiger partial charge in [0.2, 0.25) is 10.0 Å². The maximum Gasteiger partial charge on any atom is 0.230 e. The van der Waals surface area contributed by atoms with Gasteiger partial charge in [-0.15, -0.1) is 0 Å². The highest BCUT2D eigenvalue weighted by molar-refractivity contribution is 7.89. The molecule has 0 fully saturated rings. The van der Waals surface area contributed by atoms with E-state index in [4.69, 9.17) is 5.26 Å². The highest BCUT2D eigenvalue weighted by atomic mass is 32.2. The number of nitrogens with zero attached hydrogens (tertiary/aromatic N) is 2. The minimum atomic E-state index is -3.48. The lowest BCUT2D eigenvalue weighted by Crippen LogP contribution is -2.32. The molecule has 16 heavy (non-hydrogen) atoms. The van der Waals surface area contributed by atoms with Gasteiger partial charge in [-0.1, -0.05) is 24.3 Å². The molecule has 0 spiro atoms. The Labute approximate surface area is 95.2 Å². The lowest BCUT2D eigenvalue weighted by atomic mass is 10.1. The van der Waals surface area contributed by atoms with Crippen LogP contribution < -0.4 is 0 Å². The first kappa shape index (κ1) is 11.1. The van der Waals surface area contributed by atoms with Gasteiger partial charge in [-0.05, 0) is 18.1 Å². The zero-order valence-corrected chi connectivity index (χ0v) is 9.74. The van der Waals surface area contributed by atoms with Crippen LogP contribution in [0.3, 0.4) is 0 Å². The zero-order chi connectivity index (χ0) is 11.8. The molecule has 2 rings (SSSR count). The number of benzene rings is 1. The van der Waals surface area contributed by atoms with Crippen molar-refractivity contribution in [1.82, 2.24) is 4.31 Å². The van der Waals surface area contributed by atoms with Gasteiger partial charge in [-0.25, -0.2) is 8.42 Å². The van der Waals surface area contributed by atoms with Gasteiger partial charge in [-0.2, -0.15) is 9.57 Å². The van der Waals surface area contributed by atoms with Gasteiger partial charge >= 0.3 is 0 Å². The normalized spacial score (nSPS) is 17.8. The zero-order valence-electron chi connectivity index (χ0n) is 8.92. The van der Waals surface area contributed by atoms with Crippen LogP contribution in [-0.4, -0.2) is 18.0 Å². The average Bonchev–Trinajstić information content (AvgIpc) is 2.72.